The van der Waals surface area contributed by atoms with Gasteiger partial charge in [-0.05, 0) is 42.7 Å². The van der Waals surface area contributed by atoms with Crippen molar-refractivity contribution >= 4 is 17.0 Å². The third-order valence-corrected chi connectivity index (χ3v) is 5.26. The summed E-state index contributed by atoms with van der Waals surface area (Å²) in [5.74, 6) is 0. The van der Waals surface area contributed by atoms with Crippen molar-refractivity contribution in [2.75, 3.05) is 25.7 Å². The number of nitrogens with zero attached hydrogens (tertiary/aromatic N) is 2. The minimum atomic E-state index is 0.268. The maximum atomic E-state index is 6.31. The van der Waals surface area contributed by atoms with E-state index in [1.807, 2.05) is 11.3 Å². The Labute approximate surface area is 129 Å². The molecule has 0 radical (unpaired) electrons. The Balaban J connectivity index is 1.76. The van der Waals surface area contributed by atoms with Gasteiger partial charge < -0.3 is 4.90 Å². The van der Waals surface area contributed by atoms with Gasteiger partial charge in [0.15, 0.2) is 0 Å². The molecule has 0 spiro atoms. The number of anilines is 1. The fourth-order valence-electron chi connectivity index (χ4n) is 3.45. The molecule has 110 valence electrons. The van der Waals surface area contributed by atoms with Crippen LogP contribution in [0.15, 0.2) is 35.7 Å². The van der Waals surface area contributed by atoms with E-state index in [2.05, 4.69) is 59.8 Å². The van der Waals surface area contributed by atoms with Crippen LogP contribution < -0.4 is 5.06 Å². The van der Waals surface area contributed by atoms with E-state index in [0.717, 1.165) is 19.4 Å². The van der Waals surface area contributed by atoms with E-state index >= 15 is 0 Å². The number of rotatable bonds is 2. The van der Waals surface area contributed by atoms with Crippen LogP contribution in [0.25, 0.3) is 0 Å². The minimum absolute atomic E-state index is 0.268. The number of thiophene rings is 1. The molecule has 2 aliphatic rings. The summed E-state index contributed by atoms with van der Waals surface area (Å²) in [7, 11) is 4.22. The Morgan fingerprint density at radius 1 is 1.29 bits per heavy atom. The van der Waals surface area contributed by atoms with Crippen molar-refractivity contribution in [3.05, 3.63) is 51.7 Å². The van der Waals surface area contributed by atoms with Crippen molar-refractivity contribution in [3.8, 4) is 0 Å². The Kier molecular flexibility index (Phi) is 3.25. The number of hydroxylamine groups is 1. The van der Waals surface area contributed by atoms with E-state index in [-0.39, 0.29) is 6.10 Å². The van der Waals surface area contributed by atoms with E-state index in [9.17, 15) is 0 Å². The molecule has 0 bridgehead atoms. The molecule has 21 heavy (non-hydrogen) atoms. The fraction of sp³-hybridized carbons (Fsp3) is 0.412. The minimum Gasteiger partial charge on any atom is -0.307 e. The Hall–Kier alpha value is -1.36. The number of hydrogen-bond acceptors (Lipinski definition) is 4. The molecule has 2 aliphatic heterocycles. The molecule has 2 aromatic rings. The highest BCUT2D eigenvalue weighted by Crippen LogP contribution is 2.45. The molecule has 2 atom stereocenters. The van der Waals surface area contributed by atoms with Gasteiger partial charge in [0.2, 0.25) is 0 Å². The monoisotopic (exact) mass is 300 g/mol. The molecule has 1 aromatic carbocycles. The van der Waals surface area contributed by atoms with Crippen molar-refractivity contribution < 1.29 is 4.84 Å². The van der Waals surface area contributed by atoms with Gasteiger partial charge in [0.25, 0.3) is 0 Å². The van der Waals surface area contributed by atoms with Crippen LogP contribution in [0.4, 0.5) is 5.69 Å². The van der Waals surface area contributed by atoms with Gasteiger partial charge in [-0.1, -0.05) is 18.2 Å². The van der Waals surface area contributed by atoms with E-state index < -0.39 is 0 Å². The summed E-state index contributed by atoms with van der Waals surface area (Å²) in [5.41, 5.74) is 4.07. The van der Waals surface area contributed by atoms with Crippen LogP contribution in [0.1, 0.15) is 28.5 Å². The zero-order valence-corrected chi connectivity index (χ0v) is 13.3. The first-order valence-corrected chi connectivity index (χ1v) is 8.35. The van der Waals surface area contributed by atoms with E-state index in [0.29, 0.717) is 6.04 Å². The van der Waals surface area contributed by atoms with E-state index in [4.69, 9.17) is 4.84 Å². The van der Waals surface area contributed by atoms with Gasteiger partial charge in [-0.2, -0.15) is 0 Å². The van der Waals surface area contributed by atoms with Crippen molar-refractivity contribution in [2.24, 2.45) is 0 Å². The molecule has 4 heteroatoms. The SMILES string of the molecule is CN(C)C[C@H]1C[C@@H]2c3ccsc3Cc3ccccc3N2O1. The number of para-hydroxylation sites is 1. The highest BCUT2D eigenvalue weighted by Gasteiger charge is 2.39. The van der Waals surface area contributed by atoms with Gasteiger partial charge >= 0.3 is 0 Å². The van der Waals surface area contributed by atoms with Crippen LogP contribution in [0.3, 0.4) is 0 Å². The summed E-state index contributed by atoms with van der Waals surface area (Å²) < 4.78 is 0. The lowest BCUT2D eigenvalue weighted by Crippen LogP contribution is -2.27. The molecular formula is C17H20N2OS. The first kappa shape index (κ1) is 13.3. The lowest BCUT2D eigenvalue weighted by atomic mass is 10.0. The summed E-state index contributed by atoms with van der Waals surface area (Å²) in [4.78, 5) is 10.0. The average molecular weight is 300 g/mol. The van der Waals surface area contributed by atoms with Gasteiger partial charge in [-0.25, -0.2) is 5.06 Å². The quantitative estimate of drug-likeness (QED) is 0.844. The molecule has 1 fully saturated rings. The first-order chi connectivity index (χ1) is 10.2. The third-order valence-electron chi connectivity index (χ3n) is 4.32. The van der Waals surface area contributed by atoms with Crippen LogP contribution in [-0.4, -0.2) is 31.6 Å². The lowest BCUT2D eigenvalue weighted by Gasteiger charge is -2.25. The highest BCUT2D eigenvalue weighted by atomic mass is 32.1. The predicted molar refractivity (Wildman–Crippen MR) is 86.8 cm³/mol. The summed E-state index contributed by atoms with van der Waals surface area (Å²) in [6, 6.07) is 11.3. The van der Waals surface area contributed by atoms with Crippen LogP contribution in [-0.2, 0) is 11.3 Å². The first-order valence-electron chi connectivity index (χ1n) is 7.47. The zero-order chi connectivity index (χ0) is 14.4. The van der Waals surface area contributed by atoms with Gasteiger partial charge in [0.1, 0.15) is 6.10 Å². The largest absolute Gasteiger partial charge is 0.307 e. The maximum absolute atomic E-state index is 6.31. The number of likely N-dealkylation sites (N-methyl/N-ethyl adjacent to an activating group) is 1. The van der Waals surface area contributed by atoms with E-state index in [1.165, 1.54) is 21.7 Å². The second-order valence-electron chi connectivity index (χ2n) is 6.17. The van der Waals surface area contributed by atoms with Gasteiger partial charge in [0, 0.05) is 24.3 Å². The smallest absolute Gasteiger partial charge is 0.101 e. The molecule has 1 saturated heterocycles. The molecule has 0 amide bonds. The Morgan fingerprint density at radius 2 is 2.14 bits per heavy atom. The zero-order valence-electron chi connectivity index (χ0n) is 12.5. The highest BCUT2D eigenvalue weighted by molar-refractivity contribution is 7.10. The second kappa shape index (κ2) is 5.13. The Bertz CT molecular complexity index is 652. The van der Waals surface area contributed by atoms with Crippen LogP contribution in [0.5, 0.6) is 0 Å². The standard InChI is InChI=1S/C17H20N2OS/c1-18(2)11-13-10-16-14-7-8-21-17(14)9-12-5-3-4-6-15(12)19(16)20-13/h3-8,13,16H,9-11H2,1-2H3/t13-,16-/m1/s1. The normalized spacial score (nSPS) is 23.7. The molecule has 4 rings (SSSR count). The molecule has 3 heterocycles. The molecule has 3 nitrogen and oxygen atoms in total. The number of fused-ring (bicyclic) bond motifs is 5. The summed E-state index contributed by atoms with van der Waals surface area (Å²) in [6.45, 7) is 0.967. The molecule has 0 unspecified atom stereocenters. The molecule has 0 aliphatic carbocycles. The second-order valence-corrected chi connectivity index (χ2v) is 7.17. The average Bonchev–Trinajstić information content (AvgIpc) is 3.03. The summed E-state index contributed by atoms with van der Waals surface area (Å²) >= 11 is 1.87. The third kappa shape index (κ3) is 2.27. The molecule has 0 saturated carbocycles. The summed E-state index contributed by atoms with van der Waals surface area (Å²) in [5, 5.41) is 4.39. The van der Waals surface area contributed by atoms with Crippen molar-refractivity contribution in [1.29, 1.82) is 0 Å². The fourth-order valence-corrected chi connectivity index (χ4v) is 4.41. The number of benzene rings is 1. The maximum Gasteiger partial charge on any atom is 0.101 e. The van der Waals surface area contributed by atoms with Crippen molar-refractivity contribution in [2.45, 2.75) is 25.0 Å². The van der Waals surface area contributed by atoms with Crippen LogP contribution in [0, 0.1) is 0 Å². The van der Waals surface area contributed by atoms with Gasteiger partial charge in [-0.15, -0.1) is 11.3 Å². The Morgan fingerprint density at radius 3 is 3.00 bits per heavy atom. The van der Waals surface area contributed by atoms with Crippen molar-refractivity contribution in [1.82, 2.24) is 4.90 Å². The van der Waals surface area contributed by atoms with Gasteiger partial charge in [0.05, 0.1) is 11.7 Å². The molecule has 0 N–H and O–H groups in total. The molecule has 1 aromatic heterocycles. The van der Waals surface area contributed by atoms with Crippen LogP contribution >= 0.6 is 11.3 Å². The number of hydrogen-bond donors (Lipinski definition) is 0. The predicted octanol–water partition coefficient (Wildman–Crippen LogP) is 3.47. The lowest BCUT2D eigenvalue weighted by molar-refractivity contribution is 0.0649. The summed E-state index contributed by atoms with van der Waals surface area (Å²) in [6.07, 6.45) is 2.36. The van der Waals surface area contributed by atoms with E-state index in [1.54, 1.807) is 0 Å². The van der Waals surface area contributed by atoms with Crippen LogP contribution in [0.2, 0.25) is 0 Å². The van der Waals surface area contributed by atoms with Crippen molar-refractivity contribution in [3.63, 3.8) is 0 Å². The topological polar surface area (TPSA) is 15.7 Å². The van der Waals surface area contributed by atoms with Gasteiger partial charge in [-0.3, -0.25) is 4.84 Å². The molecular weight excluding hydrogens is 280 g/mol.